The highest BCUT2D eigenvalue weighted by molar-refractivity contribution is 5.90. The van der Waals surface area contributed by atoms with E-state index in [1.807, 2.05) is 24.3 Å². The Morgan fingerprint density at radius 2 is 1.73 bits per heavy atom. The monoisotopic (exact) mass is 407 g/mol. The fourth-order valence-electron chi connectivity index (χ4n) is 3.13. The van der Waals surface area contributed by atoms with Crippen molar-refractivity contribution in [1.82, 2.24) is 9.78 Å². The Morgan fingerprint density at radius 1 is 1.00 bits per heavy atom. The lowest BCUT2D eigenvalue weighted by atomic mass is 10.1. The normalized spacial score (nSPS) is 10.7. The Labute approximate surface area is 175 Å². The summed E-state index contributed by atoms with van der Waals surface area (Å²) in [4.78, 5) is 24.3. The van der Waals surface area contributed by atoms with Crippen LogP contribution in [0.1, 0.15) is 38.2 Å². The standard InChI is InChI=1S/C24H26FN3O2/c1-2-3-5-18-7-13-21(14-8-18)26-23(29)6-4-17-28-24(30)16-15-22(27-28)19-9-11-20(25)12-10-19/h7-16H,2-6,17H2,1H3,(H,26,29). The zero-order valence-corrected chi connectivity index (χ0v) is 17.1. The van der Waals surface area contributed by atoms with E-state index in [1.54, 1.807) is 18.2 Å². The van der Waals surface area contributed by atoms with Crippen molar-refractivity contribution in [2.24, 2.45) is 0 Å². The van der Waals surface area contributed by atoms with Gasteiger partial charge < -0.3 is 5.32 Å². The number of carbonyl (C=O) groups is 1. The highest BCUT2D eigenvalue weighted by Gasteiger charge is 2.07. The van der Waals surface area contributed by atoms with Crippen LogP contribution >= 0.6 is 0 Å². The molecule has 6 heteroatoms. The minimum Gasteiger partial charge on any atom is -0.326 e. The molecular formula is C24H26FN3O2. The van der Waals surface area contributed by atoms with Gasteiger partial charge >= 0.3 is 0 Å². The maximum Gasteiger partial charge on any atom is 0.266 e. The first kappa shape index (κ1) is 21.4. The van der Waals surface area contributed by atoms with Gasteiger partial charge in [0.15, 0.2) is 0 Å². The van der Waals surface area contributed by atoms with Gasteiger partial charge in [-0.1, -0.05) is 25.5 Å². The van der Waals surface area contributed by atoms with Crippen LogP contribution in [0.25, 0.3) is 11.3 Å². The first-order chi connectivity index (χ1) is 14.5. The summed E-state index contributed by atoms with van der Waals surface area (Å²) in [6.45, 7) is 2.49. The molecule has 1 aromatic heterocycles. The van der Waals surface area contributed by atoms with E-state index in [0.717, 1.165) is 30.5 Å². The van der Waals surface area contributed by atoms with Crippen molar-refractivity contribution in [2.75, 3.05) is 5.32 Å². The van der Waals surface area contributed by atoms with Gasteiger partial charge in [0, 0.05) is 30.3 Å². The zero-order chi connectivity index (χ0) is 21.3. The van der Waals surface area contributed by atoms with Gasteiger partial charge in [-0.15, -0.1) is 0 Å². The topological polar surface area (TPSA) is 64.0 Å². The number of amides is 1. The summed E-state index contributed by atoms with van der Waals surface area (Å²) in [5.41, 5.74) is 3.12. The molecule has 3 aromatic rings. The maximum atomic E-state index is 13.1. The SMILES string of the molecule is CCCCc1ccc(NC(=O)CCCn2nc(-c3ccc(F)cc3)ccc2=O)cc1. The molecule has 156 valence electrons. The van der Waals surface area contributed by atoms with E-state index in [2.05, 4.69) is 17.3 Å². The number of aryl methyl sites for hydroxylation is 2. The van der Waals surface area contributed by atoms with E-state index in [4.69, 9.17) is 0 Å². The van der Waals surface area contributed by atoms with Gasteiger partial charge in [-0.25, -0.2) is 9.07 Å². The molecule has 0 fully saturated rings. The lowest BCUT2D eigenvalue weighted by molar-refractivity contribution is -0.116. The third-order valence-electron chi connectivity index (χ3n) is 4.84. The Morgan fingerprint density at radius 3 is 2.43 bits per heavy atom. The smallest absolute Gasteiger partial charge is 0.266 e. The van der Waals surface area contributed by atoms with Gasteiger partial charge in [-0.2, -0.15) is 5.10 Å². The second-order valence-electron chi connectivity index (χ2n) is 7.24. The lowest BCUT2D eigenvalue weighted by Gasteiger charge is -2.08. The van der Waals surface area contributed by atoms with Gasteiger partial charge in [-0.05, 0) is 67.3 Å². The number of unbranched alkanes of at least 4 members (excludes halogenated alkanes) is 1. The average molecular weight is 407 g/mol. The summed E-state index contributed by atoms with van der Waals surface area (Å²) < 4.78 is 14.4. The third kappa shape index (κ3) is 6.11. The minimum atomic E-state index is -0.325. The Hall–Kier alpha value is -3.28. The Kier molecular flexibility index (Phi) is 7.49. The van der Waals surface area contributed by atoms with E-state index in [-0.39, 0.29) is 23.7 Å². The summed E-state index contributed by atoms with van der Waals surface area (Å²) in [5, 5.41) is 7.22. The third-order valence-corrected chi connectivity index (χ3v) is 4.84. The van der Waals surface area contributed by atoms with Crippen molar-refractivity contribution in [2.45, 2.75) is 45.6 Å². The summed E-state index contributed by atoms with van der Waals surface area (Å²) in [5.74, 6) is -0.423. The van der Waals surface area contributed by atoms with Crippen LogP contribution in [0.2, 0.25) is 0 Å². The molecule has 5 nitrogen and oxygen atoms in total. The molecule has 1 amide bonds. The average Bonchev–Trinajstić information content (AvgIpc) is 2.75. The van der Waals surface area contributed by atoms with Crippen molar-refractivity contribution in [3.05, 3.63) is 82.4 Å². The molecule has 30 heavy (non-hydrogen) atoms. The molecule has 1 heterocycles. The van der Waals surface area contributed by atoms with Crippen molar-refractivity contribution in [3.63, 3.8) is 0 Å². The summed E-state index contributed by atoms with van der Waals surface area (Å²) >= 11 is 0. The first-order valence-corrected chi connectivity index (χ1v) is 10.3. The molecule has 2 aromatic carbocycles. The Balaban J connectivity index is 1.53. The van der Waals surface area contributed by atoms with Crippen molar-refractivity contribution >= 4 is 11.6 Å². The van der Waals surface area contributed by atoms with Crippen molar-refractivity contribution < 1.29 is 9.18 Å². The zero-order valence-electron chi connectivity index (χ0n) is 17.1. The van der Waals surface area contributed by atoms with Crippen LogP contribution in [-0.2, 0) is 17.8 Å². The second kappa shape index (κ2) is 10.5. The highest BCUT2D eigenvalue weighted by Crippen LogP contribution is 2.16. The minimum absolute atomic E-state index is 0.0981. The molecule has 0 bridgehead atoms. The van der Waals surface area contributed by atoms with Gasteiger partial charge in [0.2, 0.25) is 5.91 Å². The lowest BCUT2D eigenvalue weighted by Crippen LogP contribution is -2.23. The number of nitrogens with one attached hydrogen (secondary N) is 1. The summed E-state index contributed by atoms with van der Waals surface area (Å²) in [6.07, 6.45) is 4.13. The molecule has 0 aliphatic heterocycles. The number of aromatic nitrogens is 2. The molecule has 0 saturated carbocycles. The van der Waals surface area contributed by atoms with Crippen molar-refractivity contribution in [1.29, 1.82) is 0 Å². The molecule has 0 aliphatic rings. The number of benzene rings is 2. The molecule has 0 saturated heterocycles. The van der Waals surface area contributed by atoms with E-state index in [1.165, 1.54) is 28.4 Å². The predicted octanol–water partition coefficient (Wildman–Crippen LogP) is 4.81. The number of anilines is 1. The maximum absolute atomic E-state index is 13.1. The number of hydrogen-bond acceptors (Lipinski definition) is 3. The fourth-order valence-corrected chi connectivity index (χ4v) is 3.13. The van der Waals surface area contributed by atoms with Crippen molar-refractivity contribution in [3.8, 4) is 11.3 Å². The number of hydrogen-bond donors (Lipinski definition) is 1. The number of rotatable bonds is 9. The molecule has 3 rings (SSSR count). The van der Waals surface area contributed by atoms with E-state index in [0.29, 0.717) is 18.7 Å². The number of carbonyl (C=O) groups excluding carboxylic acids is 1. The van der Waals surface area contributed by atoms with Crippen LogP contribution in [0.5, 0.6) is 0 Å². The van der Waals surface area contributed by atoms with Gasteiger partial charge in [0.05, 0.1) is 5.69 Å². The highest BCUT2D eigenvalue weighted by atomic mass is 19.1. The molecule has 1 N–H and O–H groups in total. The predicted molar refractivity (Wildman–Crippen MR) is 117 cm³/mol. The molecule has 0 atom stereocenters. The number of halogens is 1. The summed E-state index contributed by atoms with van der Waals surface area (Å²) in [7, 11) is 0. The quantitative estimate of drug-likeness (QED) is 0.554. The molecular weight excluding hydrogens is 381 g/mol. The largest absolute Gasteiger partial charge is 0.326 e. The van der Waals surface area contributed by atoms with E-state index >= 15 is 0 Å². The van der Waals surface area contributed by atoms with Crippen LogP contribution in [-0.4, -0.2) is 15.7 Å². The van der Waals surface area contributed by atoms with Gasteiger partial charge in [-0.3, -0.25) is 9.59 Å². The van der Waals surface area contributed by atoms with Crippen LogP contribution in [0.15, 0.2) is 65.5 Å². The van der Waals surface area contributed by atoms with Gasteiger partial charge in [0.1, 0.15) is 5.82 Å². The van der Waals surface area contributed by atoms with E-state index in [9.17, 15) is 14.0 Å². The summed E-state index contributed by atoms with van der Waals surface area (Å²) in [6, 6.07) is 16.9. The first-order valence-electron chi connectivity index (χ1n) is 10.3. The van der Waals surface area contributed by atoms with Crippen LogP contribution < -0.4 is 10.9 Å². The molecule has 0 unspecified atom stereocenters. The Bertz CT molecular complexity index is 1030. The van der Waals surface area contributed by atoms with Gasteiger partial charge in [0.25, 0.3) is 5.56 Å². The molecule has 0 radical (unpaired) electrons. The van der Waals surface area contributed by atoms with E-state index < -0.39 is 0 Å². The second-order valence-corrected chi connectivity index (χ2v) is 7.24. The van der Waals surface area contributed by atoms with Crippen LogP contribution in [0, 0.1) is 5.82 Å². The van der Waals surface area contributed by atoms with Crippen LogP contribution in [0.3, 0.4) is 0 Å². The molecule has 0 aliphatic carbocycles. The molecule has 0 spiro atoms. The number of nitrogens with zero attached hydrogens (tertiary/aromatic N) is 2. The van der Waals surface area contributed by atoms with Crippen LogP contribution in [0.4, 0.5) is 10.1 Å². The fraction of sp³-hybridized carbons (Fsp3) is 0.292.